The molecule has 6 nitrogen and oxygen atoms in total. The Kier molecular flexibility index (Phi) is 5.01. The van der Waals surface area contributed by atoms with Crippen LogP contribution in [0.4, 0.5) is 13.2 Å². The largest absolute Gasteiger partial charge is 0.433 e. The van der Waals surface area contributed by atoms with Gasteiger partial charge in [0, 0.05) is 30.5 Å². The zero-order chi connectivity index (χ0) is 18.3. The lowest BCUT2D eigenvalue weighted by atomic mass is 10.3. The Morgan fingerprint density at radius 2 is 1.96 bits per heavy atom. The summed E-state index contributed by atoms with van der Waals surface area (Å²) in [7, 11) is 0. The zero-order valence-corrected chi connectivity index (χ0v) is 14.4. The van der Waals surface area contributed by atoms with E-state index in [9.17, 15) is 13.2 Å². The fourth-order valence-electron chi connectivity index (χ4n) is 2.82. The standard InChI is InChI=1S/C16H13F3N6S.CH4/c1-2-25-11-8-22-12(16(17,18)19)7-10(11)23-13(25)9-24-5-3-20-14(24)15-21-4-6-26-15;/h3-8H,2,9H2,1H3;1H4. The number of rotatable bonds is 4. The Hall–Kier alpha value is -2.75. The third kappa shape index (κ3) is 3.44. The number of imidazole rings is 2. The maximum absolute atomic E-state index is 12.9. The van der Waals surface area contributed by atoms with Crippen LogP contribution in [-0.2, 0) is 19.3 Å². The molecule has 4 heterocycles. The number of pyridine rings is 1. The van der Waals surface area contributed by atoms with Crippen molar-refractivity contribution < 1.29 is 13.2 Å². The van der Waals surface area contributed by atoms with E-state index in [-0.39, 0.29) is 12.9 Å². The predicted octanol–water partition coefficient (Wildman–Crippen LogP) is 4.47. The van der Waals surface area contributed by atoms with Crippen molar-refractivity contribution >= 4 is 22.4 Å². The van der Waals surface area contributed by atoms with Crippen molar-refractivity contribution in [1.29, 1.82) is 0 Å². The molecule has 0 atom stereocenters. The molecule has 0 aromatic carbocycles. The van der Waals surface area contributed by atoms with Crippen molar-refractivity contribution in [1.82, 2.24) is 29.1 Å². The quantitative estimate of drug-likeness (QED) is 0.512. The molecule has 4 rings (SSSR count). The summed E-state index contributed by atoms with van der Waals surface area (Å²) in [6.45, 7) is 2.86. The van der Waals surface area contributed by atoms with Crippen molar-refractivity contribution in [2.24, 2.45) is 0 Å². The first-order valence-corrected chi connectivity index (χ1v) is 8.68. The third-order valence-corrected chi connectivity index (χ3v) is 4.74. The Balaban J connectivity index is 0.00000210. The van der Waals surface area contributed by atoms with Gasteiger partial charge >= 0.3 is 6.18 Å². The zero-order valence-electron chi connectivity index (χ0n) is 13.6. The van der Waals surface area contributed by atoms with Crippen molar-refractivity contribution in [3.8, 4) is 10.8 Å². The van der Waals surface area contributed by atoms with E-state index in [4.69, 9.17) is 0 Å². The maximum atomic E-state index is 12.9. The summed E-state index contributed by atoms with van der Waals surface area (Å²) in [4.78, 5) is 16.5. The Bertz CT molecular complexity index is 1050. The fraction of sp³-hybridized carbons (Fsp3) is 0.294. The van der Waals surface area contributed by atoms with Gasteiger partial charge in [0.15, 0.2) is 10.8 Å². The number of nitrogens with zero attached hydrogens (tertiary/aromatic N) is 6. The molecule has 0 amide bonds. The number of hydrogen-bond acceptors (Lipinski definition) is 5. The van der Waals surface area contributed by atoms with Crippen molar-refractivity contribution in [2.75, 3.05) is 0 Å². The summed E-state index contributed by atoms with van der Waals surface area (Å²) < 4.78 is 42.4. The second kappa shape index (κ2) is 7.10. The van der Waals surface area contributed by atoms with Crippen LogP contribution in [0.1, 0.15) is 25.9 Å². The van der Waals surface area contributed by atoms with Crippen LogP contribution in [0.2, 0.25) is 0 Å². The number of fused-ring (bicyclic) bond motifs is 1. The van der Waals surface area contributed by atoms with Gasteiger partial charge in [0.2, 0.25) is 0 Å². The van der Waals surface area contributed by atoms with E-state index in [1.54, 1.807) is 18.6 Å². The van der Waals surface area contributed by atoms with E-state index >= 15 is 0 Å². The average molecular weight is 394 g/mol. The van der Waals surface area contributed by atoms with Gasteiger partial charge in [-0.2, -0.15) is 13.2 Å². The van der Waals surface area contributed by atoms with Crippen LogP contribution < -0.4 is 0 Å². The summed E-state index contributed by atoms with van der Waals surface area (Å²) in [5, 5.41) is 2.63. The van der Waals surface area contributed by atoms with Gasteiger partial charge in [-0.1, -0.05) is 7.43 Å². The molecule has 0 saturated heterocycles. The summed E-state index contributed by atoms with van der Waals surface area (Å²) in [5.74, 6) is 1.34. The molecule has 0 aliphatic carbocycles. The molecule has 0 aliphatic rings. The van der Waals surface area contributed by atoms with Gasteiger partial charge in [-0.05, 0) is 13.0 Å². The van der Waals surface area contributed by atoms with Gasteiger partial charge in [0.1, 0.15) is 11.5 Å². The highest BCUT2D eigenvalue weighted by molar-refractivity contribution is 7.13. The topological polar surface area (TPSA) is 61.4 Å². The number of thiazole rings is 1. The molecule has 0 fully saturated rings. The van der Waals surface area contributed by atoms with Gasteiger partial charge in [0.05, 0.1) is 23.8 Å². The highest BCUT2D eigenvalue weighted by atomic mass is 32.1. The maximum Gasteiger partial charge on any atom is 0.433 e. The molecule has 10 heteroatoms. The Labute approximate surface area is 157 Å². The van der Waals surface area contributed by atoms with E-state index in [0.717, 1.165) is 11.1 Å². The second-order valence-corrected chi connectivity index (χ2v) is 6.44. The van der Waals surface area contributed by atoms with E-state index in [0.29, 0.717) is 30.3 Å². The minimum Gasteiger partial charge on any atom is -0.325 e. The first kappa shape index (κ1) is 19.0. The summed E-state index contributed by atoms with van der Waals surface area (Å²) in [5.41, 5.74) is -0.0880. The molecule has 0 radical (unpaired) electrons. The van der Waals surface area contributed by atoms with Crippen LogP contribution in [-0.4, -0.2) is 29.1 Å². The van der Waals surface area contributed by atoms with Gasteiger partial charge in [-0.15, -0.1) is 11.3 Å². The SMILES string of the molecule is C.CCn1c(Cn2ccnc2-c2nccs2)nc2cc(C(F)(F)F)ncc21. The number of hydrogen-bond donors (Lipinski definition) is 0. The first-order valence-electron chi connectivity index (χ1n) is 7.80. The summed E-state index contributed by atoms with van der Waals surface area (Å²) in [6, 6.07) is 0.987. The van der Waals surface area contributed by atoms with Crippen molar-refractivity contribution in [3.63, 3.8) is 0 Å². The van der Waals surface area contributed by atoms with E-state index in [2.05, 4.69) is 19.9 Å². The monoisotopic (exact) mass is 394 g/mol. The fourth-order valence-corrected chi connectivity index (χ4v) is 3.47. The van der Waals surface area contributed by atoms with E-state index in [1.807, 2.05) is 21.4 Å². The van der Waals surface area contributed by atoms with Crippen LogP contribution in [0.3, 0.4) is 0 Å². The van der Waals surface area contributed by atoms with Crippen LogP contribution in [0.15, 0.2) is 36.2 Å². The molecular weight excluding hydrogens is 377 g/mol. The molecule has 0 saturated carbocycles. The van der Waals surface area contributed by atoms with Crippen molar-refractivity contribution in [2.45, 2.75) is 33.6 Å². The van der Waals surface area contributed by atoms with E-state index in [1.165, 1.54) is 17.5 Å². The lowest BCUT2D eigenvalue weighted by Gasteiger charge is -2.09. The van der Waals surface area contributed by atoms with E-state index < -0.39 is 11.9 Å². The summed E-state index contributed by atoms with van der Waals surface area (Å²) in [6.07, 6.45) is 1.90. The first-order chi connectivity index (χ1) is 12.5. The number of aryl methyl sites for hydroxylation is 1. The normalized spacial score (nSPS) is 11.7. The predicted molar refractivity (Wildman–Crippen MR) is 97.4 cm³/mol. The molecule has 0 aliphatic heterocycles. The van der Waals surface area contributed by atoms with Gasteiger partial charge in [0.25, 0.3) is 0 Å². The number of alkyl halides is 3. The van der Waals surface area contributed by atoms with Crippen LogP contribution in [0, 0.1) is 0 Å². The number of aromatic nitrogens is 6. The second-order valence-electron chi connectivity index (χ2n) is 5.54. The minimum absolute atomic E-state index is 0. The van der Waals surface area contributed by atoms with Crippen LogP contribution in [0.5, 0.6) is 0 Å². The van der Waals surface area contributed by atoms with Gasteiger partial charge in [-0.3, -0.25) is 0 Å². The number of halogens is 3. The Morgan fingerprint density at radius 1 is 1.15 bits per heavy atom. The Morgan fingerprint density at radius 3 is 2.63 bits per heavy atom. The highest BCUT2D eigenvalue weighted by Gasteiger charge is 2.33. The minimum atomic E-state index is -4.49. The molecule has 0 unspecified atom stereocenters. The smallest absolute Gasteiger partial charge is 0.325 e. The lowest BCUT2D eigenvalue weighted by Crippen LogP contribution is -2.09. The van der Waals surface area contributed by atoms with Gasteiger partial charge in [-0.25, -0.2) is 19.9 Å². The van der Waals surface area contributed by atoms with Crippen LogP contribution in [0.25, 0.3) is 21.9 Å². The molecule has 0 N–H and O–H groups in total. The molecule has 27 heavy (non-hydrogen) atoms. The third-order valence-electron chi connectivity index (χ3n) is 3.97. The lowest BCUT2D eigenvalue weighted by molar-refractivity contribution is -0.141. The molecule has 4 aromatic heterocycles. The summed E-state index contributed by atoms with van der Waals surface area (Å²) >= 11 is 1.47. The van der Waals surface area contributed by atoms with Crippen molar-refractivity contribution in [3.05, 3.63) is 47.8 Å². The molecular formula is C17H17F3N6S. The average Bonchev–Trinajstić information content (AvgIpc) is 3.32. The van der Waals surface area contributed by atoms with Gasteiger partial charge < -0.3 is 9.13 Å². The molecule has 4 aromatic rings. The molecule has 142 valence electrons. The van der Waals surface area contributed by atoms with Crippen LogP contribution >= 0.6 is 11.3 Å². The highest BCUT2D eigenvalue weighted by Crippen LogP contribution is 2.30. The molecule has 0 spiro atoms. The molecule has 0 bridgehead atoms.